The van der Waals surface area contributed by atoms with E-state index in [4.69, 9.17) is 38.0 Å². The van der Waals surface area contributed by atoms with Crippen LogP contribution in [0.15, 0.2) is 12.3 Å². The molecule has 0 bridgehead atoms. The number of rotatable bonds is 14. The first kappa shape index (κ1) is 27.1. The van der Waals surface area contributed by atoms with Crippen molar-refractivity contribution >= 4 is 34.6 Å². The second-order valence-corrected chi connectivity index (χ2v) is 9.50. The van der Waals surface area contributed by atoms with Crippen molar-refractivity contribution in [2.45, 2.75) is 95.8 Å². The van der Waals surface area contributed by atoms with E-state index in [1.165, 1.54) is 44.9 Å². The van der Waals surface area contributed by atoms with Crippen LogP contribution in [-0.2, 0) is 14.2 Å². The van der Waals surface area contributed by atoms with Crippen LogP contribution in [0.25, 0.3) is 11.0 Å². The number of halogens is 1. The highest BCUT2D eigenvalue weighted by atomic mass is 35.5. The number of nitrogens with zero attached hydrogens (tertiary/aromatic N) is 3. The minimum absolute atomic E-state index is 0.0599. The molecule has 0 spiro atoms. The fraction of sp³-hybridized carbons (Fsp3) is 0.654. The Balaban J connectivity index is 1.35. The average Bonchev–Trinajstić information content (AvgIpc) is 3.46. The number of terminal acetylenes is 1. The largest absolute Gasteiger partial charge is 0.508 e. The number of hydrogen-bond donors (Lipinski definition) is 1. The standard InChI is InChI=1S/C26H37ClN4O4/c1-3-5-6-7-8-9-10-11-12-13-18-33-25(32)34-19-26(4-2)16-14-21(35-26)31-17-15-20-22(28)29-24(27)30-23(20)31/h2,15,17,21H,3,5-14,16,18-19H2,1H3,(H2,28,29,30)/t21?,26-/m0/s1. The van der Waals surface area contributed by atoms with Gasteiger partial charge in [0, 0.05) is 6.20 Å². The summed E-state index contributed by atoms with van der Waals surface area (Å²) < 4.78 is 18.5. The summed E-state index contributed by atoms with van der Waals surface area (Å²) in [6.07, 6.45) is 19.8. The van der Waals surface area contributed by atoms with Crippen LogP contribution in [0.3, 0.4) is 0 Å². The molecule has 9 heteroatoms. The summed E-state index contributed by atoms with van der Waals surface area (Å²) in [5.41, 5.74) is 5.48. The maximum Gasteiger partial charge on any atom is 0.508 e. The third-order valence-corrected chi connectivity index (χ3v) is 6.61. The van der Waals surface area contributed by atoms with Gasteiger partial charge in [-0.3, -0.25) is 0 Å². The zero-order valence-electron chi connectivity index (χ0n) is 20.6. The number of fused-ring (bicyclic) bond motifs is 1. The second-order valence-electron chi connectivity index (χ2n) is 9.16. The van der Waals surface area contributed by atoms with Crippen LogP contribution >= 0.6 is 11.6 Å². The summed E-state index contributed by atoms with van der Waals surface area (Å²) in [7, 11) is 0. The number of aromatic nitrogens is 3. The van der Waals surface area contributed by atoms with E-state index in [0.717, 1.165) is 19.3 Å². The summed E-state index contributed by atoms with van der Waals surface area (Å²) in [5, 5.41) is 0.743. The van der Waals surface area contributed by atoms with Crippen LogP contribution < -0.4 is 5.73 Å². The van der Waals surface area contributed by atoms with E-state index >= 15 is 0 Å². The smallest absolute Gasteiger partial charge is 0.434 e. The molecule has 2 aromatic heterocycles. The first-order chi connectivity index (χ1) is 17.0. The molecule has 0 saturated carbocycles. The van der Waals surface area contributed by atoms with Gasteiger partial charge in [0.15, 0.2) is 5.60 Å². The molecule has 2 aromatic rings. The van der Waals surface area contributed by atoms with Crippen molar-refractivity contribution in [1.29, 1.82) is 0 Å². The van der Waals surface area contributed by atoms with E-state index in [1.807, 2.05) is 16.8 Å². The molecular formula is C26H37ClN4O4. The van der Waals surface area contributed by atoms with Crippen LogP contribution in [0.2, 0.25) is 5.28 Å². The third-order valence-electron chi connectivity index (χ3n) is 6.45. The predicted octanol–water partition coefficient (Wildman–Crippen LogP) is 6.42. The summed E-state index contributed by atoms with van der Waals surface area (Å²) in [5.74, 6) is 2.96. The molecule has 3 heterocycles. The minimum atomic E-state index is -1.03. The highest BCUT2D eigenvalue weighted by Crippen LogP contribution is 2.38. The quantitative estimate of drug-likeness (QED) is 0.137. The first-order valence-electron chi connectivity index (χ1n) is 12.7. The molecule has 192 valence electrons. The Morgan fingerprint density at radius 1 is 1.20 bits per heavy atom. The molecule has 1 aliphatic heterocycles. The SMILES string of the molecule is C#C[C@@]1(COC(=O)OCCCCCCCCCCCC)CCC(n2ccc3c(N)nc(Cl)nc32)O1. The number of nitrogens with two attached hydrogens (primary N) is 1. The van der Waals surface area contributed by atoms with Crippen LogP contribution in [0.5, 0.6) is 0 Å². The van der Waals surface area contributed by atoms with Gasteiger partial charge >= 0.3 is 6.16 Å². The van der Waals surface area contributed by atoms with E-state index in [9.17, 15) is 4.79 Å². The summed E-state index contributed by atoms with van der Waals surface area (Å²) in [4.78, 5) is 20.3. The van der Waals surface area contributed by atoms with Gasteiger partial charge in [-0.25, -0.2) is 9.78 Å². The Labute approximate surface area is 212 Å². The van der Waals surface area contributed by atoms with Gasteiger partial charge in [-0.2, -0.15) is 4.98 Å². The number of carbonyl (C=O) groups is 1. The molecule has 3 rings (SSSR count). The molecule has 2 N–H and O–H groups in total. The maximum atomic E-state index is 12.1. The molecule has 1 fully saturated rings. The number of nitrogen functional groups attached to an aromatic ring is 1. The fourth-order valence-electron chi connectivity index (χ4n) is 4.41. The monoisotopic (exact) mass is 504 g/mol. The highest BCUT2D eigenvalue weighted by molar-refractivity contribution is 6.28. The topological polar surface area (TPSA) is 101 Å². The lowest BCUT2D eigenvalue weighted by Gasteiger charge is -2.23. The Morgan fingerprint density at radius 2 is 1.89 bits per heavy atom. The van der Waals surface area contributed by atoms with Crippen molar-refractivity contribution in [3.63, 3.8) is 0 Å². The van der Waals surface area contributed by atoms with Crippen molar-refractivity contribution in [3.05, 3.63) is 17.5 Å². The van der Waals surface area contributed by atoms with Crippen molar-refractivity contribution in [2.24, 2.45) is 0 Å². The average molecular weight is 505 g/mol. The minimum Gasteiger partial charge on any atom is -0.434 e. The molecule has 0 aromatic carbocycles. The fourth-order valence-corrected chi connectivity index (χ4v) is 4.58. The predicted molar refractivity (Wildman–Crippen MR) is 137 cm³/mol. The molecule has 1 saturated heterocycles. The van der Waals surface area contributed by atoms with Crippen molar-refractivity contribution in [1.82, 2.24) is 14.5 Å². The van der Waals surface area contributed by atoms with Crippen molar-refractivity contribution < 1.29 is 19.0 Å². The molecule has 8 nitrogen and oxygen atoms in total. The van der Waals surface area contributed by atoms with Gasteiger partial charge < -0.3 is 24.5 Å². The number of unbranched alkanes of at least 4 members (excludes halogenated alkanes) is 9. The van der Waals surface area contributed by atoms with Crippen LogP contribution in [-0.4, -0.2) is 39.5 Å². The summed E-state index contributed by atoms with van der Waals surface area (Å²) >= 11 is 5.97. The molecular weight excluding hydrogens is 468 g/mol. The van der Waals surface area contributed by atoms with E-state index in [0.29, 0.717) is 36.3 Å². The van der Waals surface area contributed by atoms with Gasteiger partial charge in [0.1, 0.15) is 24.3 Å². The van der Waals surface area contributed by atoms with E-state index in [-0.39, 0.29) is 18.1 Å². The van der Waals surface area contributed by atoms with Crippen molar-refractivity contribution in [3.8, 4) is 12.3 Å². The van der Waals surface area contributed by atoms with E-state index in [2.05, 4.69) is 22.8 Å². The summed E-state index contributed by atoms with van der Waals surface area (Å²) in [6.45, 7) is 2.51. The van der Waals surface area contributed by atoms with E-state index in [1.54, 1.807) is 0 Å². The molecule has 0 radical (unpaired) electrons. The zero-order valence-corrected chi connectivity index (χ0v) is 21.4. The normalized spacial score (nSPS) is 19.6. The highest BCUT2D eigenvalue weighted by Gasteiger charge is 2.41. The molecule has 1 aliphatic rings. The Morgan fingerprint density at radius 3 is 2.57 bits per heavy atom. The van der Waals surface area contributed by atoms with Gasteiger partial charge in [-0.15, -0.1) is 6.42 Å². The number of ether oxygens (including phenoxy) is 3. The Kier molecular flexibility index (Phi) is 10.5. The lowest BCUT2D eigenvalue weighted by molar-refractivity contribution is -0.0730. The number of carbonyl (C=O) groups excluding carboxylic acids is 1. The molecule has 0 amide bonds. The van der Waals surface area contributed by atoms with Gasteiger partial charge in [-0.05, 0) is 36.9 Å². The summed E-state index contributed by atoms with van der Waals surface area (Å²) in [6, 6.07) is 1.81. The third kappa shape index (κ3) is 7.74. The molecule has 2 atom stereocenters. The van der Waals surface area contributed by atoms with Gasteiger partial charge in [0.2, 0.25) is 5.28 Å². The second kappa shape index (κ2) is 13.6. The zero-order chi connectivity index (χ0) is 25.1. The Hall–Kier alpha value is -2.50. The number of anilines is 1. The lowest BCUT2D eigenvalue weighted by Crippen LogP contribution is -2.34. The van der Waals surface area contributed by atoms with Crippen molar-refractivity contribution in [2.75, 3.05) is 18.9 Å². The van der Waals surface area contributed by atoms with Gasteiger partial charge in [-0.1, -0.05) is 70.6 Å². The first-order valence-corrected chi connectivity index (χ1v) is 13.1. The van der Waals surface area contributed by atoms with Crippen LogP contribution in [0.4, 0.5) is 10.6 Å². The number of hydrogen-bond acceptors (Lipinski definition) is 7. The van der Waals surface area contributed by atoms with Crippen LogP contribution in [0.1, 0.15) is 90.2 Å². The lowest BCUT2D eigenvalue weighted by atomic mass is 10.0. The molecule has 0 aliphatic carbocycles. The van der Waals surface area contributed by atoms with Gasteiger partial charge in [0.25, 0.3) is 0 Å². The van der Waals surface area contributed by atoms with Crippen LogP contribution in [0, 0.1) is 12.3 Å². The van der Waals surface area contributed by atoms with Gasteiger partial charge in [0.05, 0.1) is 12.0 Å². The molecule has 1 unspecified atom stereocenters. The van der Waals surface area contributed by atoms with E-state index < -0.39 is 11.8 Å². The Bertz CT molecular complexity index is 1010. The molecule has 35 heavy (non-hydrogen) atoms. The maximum absolute atomic E-state index is 12.1.